The summed E-state index contributed by atoms with van der Waals surface area (Å²) in [7, 11) is -3.89. The molecule has 2 amide bonds. The third-order valence-corrected chi connectivity index (χ3v) is 8.33. The number of rotatable bonds is 8. The highest BCUT2D eigenvalue weighted by atomic mass is 32.2. The number of carboxylic acids is 1. The van der Waals surface area contributed by atoms with Gasteiger partial charge in [-0.05, 0) is 55.5 Å². The lowest BCUT2D eigenvalue weighted by Gasteiger charge is -2.25. The molecule has 0 spiro atoms. The SMILES string of the molecule is O=C(N[C@H](Cc1ccc(OC(=O)N2CCCC2)cc1)C(=O)O)[C@H]1CCCN1S(=O)(=O)c1ccccc1. The summed E-state index contributed by atoms with van der Waals surface area (Å²) >= 11 is 0. The van der Waals surface area contributed by atoms with Crippen LogP contribution >= 0.6 is 0 Å². The molecule has 4 rings (SSSR count). The lowest BCUT2D eigenvalue weighted by molar-refractivity contribution is -0.142. The topological polar surface area (TPSA) is 133 Å². The van der Waals surface area contributed by atoms with Crippen molar-refractivity contribution in [3.63, 3.8) is 0 Å². The van der Waals surface area contributed by atoms with Crippen LogP contribution in [0.1, 0.15) is 31.2 Å². The Morgan fingerprint density at radius 1 is 0.972 bits per heavy atom. The molecule has 2 aromatic carbocycles. The number of carboxylic acid groups (broad SMARTS) is 1. The Kier molecular flexibility index (Phi) is 7.90. The number of amides is 2. The average molecular weight is 516 g/mol. The van der Waals surface area contributed by atoms with Gasteiger partial charge in [-0.2, -0.15) is 4.31 Å². The molecule has 2 saturated heterocycles. The molecule has 0 bridgehead atoms. The van der Waals surface area contributed by atoms with Crippen LogP contribution < -0.4 is 10.1 Å². The number of hydrogen-bond donors (Lipinski definition) is 2. The summed E-state index contributed by atoms with van der Waals surface area (Å²) < 4.78 is 32.6. The molecule has 0 aliphatic carbocycles. The van der Waals surface area contributed by atoms with Gasteiger partial charge in [0.05, 0.1) is 4.90 Å². The number of benzene rings is 2. The van der Waals surface area contributed by atoms with Crippen LogP contribution in [0.15, 0.2) is 59.5 Å². The van der Waals surface area contributed by atoms with Gasteiger partial charge in [-0.15, -0.1) is 0 Å². The van der Waals surface area contributed by atoms with E-state index >= 15 is 0 Å². The Hall–Kier alpha value is -3.44. The summed E-state index contributed by atoms with van der Waals surface area (Å²) in [5, 5.41) is 12.2. The largest absolute Gasteiger partial charge is 0.480 e. The minimum absolute atomic E-state index is 0.0143. The normalized spacial score (nSPS) is 19.1. The average Bonchev–Trinajstić information content (AvgIpc) is 3.58. The van der Waals surface area contributed by atoms with Gasteiger partial charge in [-0.25, -0.2) is 18.0 Å². The van der Waals surface area contributed by atoms with Crippen molar-refractivity contribution in [2.75, 3.05) is 19.6 Å². The number of ether oxygens (including phenoxy) is 1. The zero-order chi connectivity index (χ0) is 25.7. The number of nitrogens with one attached hydrogen (secondary N) is 1. The van der Waals surface area contributed by atoms with E-state index in [9.17, 15) is 27.9 Å². The van der Waals surface area contributed by atoms with Gasteiger partial charge in [-0.3, -0.25) is 4.79 Å². The van der Waals surface area contributed by atoms with Crippen LogP contribution in [0, 0.1) is 0 Å². The van der Waals surface area contributed by atoms with E-state index < -0.39 is 40.1 Å². The number of hydrogen-bond acceptors (Lipinski definition) is 6. The van der Waals surface area contributed by atoms with Crippen molar-refractivity contribution < 1.29 is 32.6 Å². The highest BCUT2D eigenvalue weighted by Gasteiger charge is 2.40. The number of likely N-dealkylation sites (tertiary alicyclic amines) is 1. The molecule has 2 heterocycles. The van der Waals surface area contributed by atoms with Crippen LogP contribution in [0.3, 0.4) is 0 Å². The van der Waals surface area contributed by atoms with Crippen LogP contribution in [0.5, 0.6) is 5.75 Å². The third kappa shape index (κ3) is 5.85. The minimum Gasteiger partial charge on any atom is -0.480 e. The summed E-state index contributed by atoms with van der Waals surface area (Å²) in [4.78, 5) is 38.7. The van der Waals surface area contributed by atoms with Crippen molar-refractivity contribution in [2.45, 2.75) is 49.1 Å². The number of aliphatic carboxylic acids is 1. The van der Waals surface area contributed by atoms with E-state index in [0.717, 1.165) is 17.1 Å². The highest BCUT2D eigenvalue weighted by Crippen LogP contribution is 2.26. The summed E-state index contributed by atoms with van der Waals surface area (Å²) in [5.74, 6) is -1.53. The molecule has 2 aliphatic rings. The quantitative estimate of drug-likeness (QED) is 0.551. The molecule has 10 nitrogen and oxygen atoms in total. The summed E-state index contributed by atoms with van der Waals surface area (Å²) in [6.07, 6.45) is 2.28. The highest BCUT2D eigenvalue weighted by molar-refractivity contribution is 7.89. The van der Waals surface area contributed by atoms with E-state index in [0.29, 0.717) is 37.2 Å². The van der Waals surface area contributed by atoms with Gasteiger partial charge in [0.2, 0.25) is 15.9 Å². The van der Waals surface area contributed by atoms with E-state index in [1.165, 1.54) is 12.1 Å². The Labute approximate surface area is 209 Å². The van der Waals surface area contributed by atoms with E-state index in [1.807, 2.05) is 0 Å². The number of sulfonamides is 1. The van der Waals surface area contributed by atoms with Crippen molar-refractivity contribution in [1.82, 2.24) is 14.5 Å². The van der Waals surface area contributed by atoms with Gasteiger partial charge >= 0.3 is 12.1 Å². The monoisotopic (exact) mass is 515 g/mol. The first kappa shape index (κ1) is 25.6. The first-order valence-corrected chi connectivity index (χ1v) is 13.4. The smallest absolute Gasteiger partial charge is 0.415 e. The Balaban J connectivity index is 1.39. The predicted octanol–water partition coefficient (Wildman–Crippen LogP) is 2.25. The molecule has 0 radical (unpaired) electrons. The Morgan fingerprint density at radius 2 is 1.64 bits per heavy atom. The molecule has 2 atom stereocenters. The molecular weight excluding hydrogens is 486 g/mol. The first-order valence-electron chi connectivity index (χ1n) is 11.9. The lowest BCUT2D eigenvalue weighted by Crippen LogP contribution is -2.51. The fraction of sp³-hybridized carbons (Fsp3) is 0.400. The van der Waals surface area contributed by atoms with Gasteiger partial charge in [0.25, 0.3) is 0 Å². The van der Waals surface area contributed by atoms with Gasteiger partial charge in [-0.1, -0.05) is 30.3 Å². The van der Waals surface area contributed by atoms with Crippen molar-refractivity contribution in [2.24, 2.45) is 0 Å². The Morgan fingerprint density at radius 3 is 2.28 bits per heavy atom. The van der Waals surface area contributed by atoms with Gasteiger partial charge in [0, 0.05) is 26.1 Å². The molecule has 0 aromatic heterocycles. The fourth-order valence-corrected chi connectivity index (χ4v) is 6.16. The van der Waals surface area contributed by atoms with Crippen molar-refractivity contribution in [3.8, 4) is 5.75 Å². The second-order valence-corrected chi connectivity index (χ2v) is 10.8. The molecular formula is C25H29N3O7S. The summed E-state index contributed by atoms with van der Waals surface area (Å²) in [6.45, 7) is 1.52. The maximum atomic E-state index is 13.0. The van der Waals surface area contributed by atoms with Gasteiger partial charge in [0.1, 0.15) is 17.8 Å². The molecule has 192 valence electrons. The molecule has 2 N–H and O–H groups in total. The van der Waals surface area contributed by atoms with Crippen molar-refractivity contribution in [1.29, 1.82) is 0 Å². The molecule has 36 heavy (non-hydrogen) atoms. The standard InChI is InChI=1S/C25H29N3O7S/c29-23(22-9-6-16-28(22)36(33,34)20-7-2-1-3-8-20)26-21(24(30)31)17-18-10-12-19(13-11-18)35-25(32)27-14-4-5-15-27/h1-3,7-8,10-13,21-22H,4-6,9,14-17H2,(H,26,29)(H,30,31)/t21-,22-/m1/s1. The molecule has 0 unspecified atom stereocenters. The lowest BCUT2D eigenvalue weighted by atomic mass is 10.1. The van der Waals surface area contributed by atoms with E-state index in [-0.39, 0.29) is 17.9 Å². The molecule has 11 heteroatoms. The maximum absolute atomic E-state index is 13.0. The molecule has 0 saturated carbocycles. The number of carbonyl (C=O) groups is 3. The van der Waals surface area contributed by atoms with Crippen LogP contribution in [-0.4, -0.2) is 72.4 Å². The van der Waals surface area contributed by atoms with Crippen LogP contribution in [0.4, 0.5) is 4.79 Å². The molecule has 2 aromatic rings. The van der Waals surface area contributed by atoms with E-state index in [2.05, 4.69) is 5.32 Å². The predicted molar refractivity (Wildman–Crippen MR) is 130 cm³/mol. The molecule has 2 aliphatic heterocycles. The fourth-order valence-electron chi connectivity index (χ4n) is 4.48. The van der Waals surface area contributed by atoms with Crippen LogP contribution in [0.2, 0.25) is 0 Å². The summed E-state index contributed by atoms with van der Waals surface area (Å²) in [5.41, 5.74) is 0.615. The summed E-state index contributed by atoms with van der Waals surface area (Å²) in [6, 6.07) is 12.0. The third-order valence-electron chi connectivity index (χ3n) is 6.40. The zero-order valence-corrected chi connectivity index (χ0v) is 20.5. The first-order chi connectivity index (χ1) is 17.3. The van der Waals surface area contributed by atoms with Gasteiger partial charge in [0.15, 0.2) is 0 Å². The maximum Gasteiger partial charge on any atom is 0.415 e. The number of nitrogens with zero attached hydrogens (tertiary/aromatic N) is 2. The minimum atomic E-state index is -3.89. The van der Waals surface area contributed by atoms with E-state index in [4.69, 9.17) is 4.74 Å². The van der Waals surface area contributed by atoms with Crippen LogP contribution in [0.25, 0.3) is 0 Å². The van der Waals surface area contributed by atoms with E-state index in [1.54, 1.807) is 47.4 Å². The Bertz CT molecular complexity index is 1200. The second kappa shape index (κ2) is 11.1. The molecule has 2 fully saturated rings. The van der Waals surface area contributed by atoms with Crippen molar-refractivity contribution >= 4 is 28.0 Å². The van der Waals surface area contributed by atoms with Gasteiger partial charge < -0.3 is 20.1 Å². The van der Waals surface area contributed by atoms with Crippen LogP contribution in [-0.2, 0) is 26.0 Å². The van der Waals surface area contributed by atoms with Crippen molar-refractivity contribution in [3.05, 3.63) is 60.2 Å². The number of carbonyl (C=O) groups excluding carboxylic acids is 2. The zero-order valence-electron chi connectivity index (χ0n) is 19.7. The second-order valence-electron chi connectivity index (χ2n) is 8.90.